The molecule has 0 spiro atoms. The maximum Gasteiger partial charge on any atom is 0.188 e. The summed E-state index contributed by atoms with van der Waals surface area (Å²) in [5.74, 6) is 0.731. The van der Waals surface area contributed by atoms with E-state index in [-0.39, 0.29) is 6.79 Å². The predicted octanol–water partition coefficient (Wildman–Crippen LogP) is 1.74. The Morgan fingerprint density at radius 2 is 2.31 bits per heavy atom. The average molecular weight is 177 g/mol. The van der Waals surface area contributed by atoms with E-state index in [4.69, 9.17) is 14.7 Å². The lowest BCUT2D eigenvalue weighted by molar-refractivity contribution is 0.0511. The van der Waals surface area contributed by atoms with Crippen LogP contribution in [0.3, 0.4) is 0 Å². The highest BCUT2D eigenvalue weighted by molar-refractivity contribution is 5.29. The Morgan fingerprint density at radius 1 is 1.46 bits per heavy atom. The van der Waals surface area contributed by atoms with Gasteiger partial charge in [0.1, 0.15) is 5.75 Å². The molecule has 68 valence electrons. The molecular formula is C10H11NO2. The number of rotatable bonds is 4. The Morgan fingerprint density at radius 3 is 3.00 bits per heavy atom. The van der Waals surface area contributed by atoms with Gasteiger partial charge in [0, 0.05) is 7.11 Å². The van der Waals surface area contributed by atoms with Gasteiger partial charge in [0.2, 0.25) is 0 Å². The molecule has 0 aliphatic heterocycles. The first-order valence-corrected chi connectivity index (χ1v) is 3.94. The molecule has 0 unspecified atom stereocenters. The van der Waals surface area contributed by atoms with Crippen molar-refractivity contribution in [3.05, 3.63) is 29.8 Å². The molecule has 3 heteroatoms. The first kappa shape index (κ1) is 9.56. The fourth-order valence-electron chi connectivity index (χ4n) is 0.963. The fourth-order valence-corrected chi connectivity index (χ4v) is 0.963. The highest BCUT2D eigenvalue weighted by atomic mass is 16.7. The molecule has 0 saturated heterocycles. The van der Waals surface area contributed by atoms with Crippen LogP contribution in [0.5, 0.6) is 5.75 Å². The van der Waals surface area contributed by atoms with Crippen molar-refractivity contribution in [1.29, 1.82) is 5.26 Å². The van der Waals surface area contributed by atoms with Crippen LogP contribution >= 0.6 is 0 Å². The van der Waals surface area contributed by atoms with Crippen LogP contribution in [0, 0.1) is 11.3 Å². The third-order valence-electron chi connectivity index (χ3n) is 1.53. The molecule has 0 aliphatic rings. The van der Waals surface area contributed by atoms with E-state index < -0.39 is 0 Å². The minimum absolute atomic E-state index is 0.232. The maximum absolute atomic E-state index is 8.47. The molecule has 0 fully saturated rings. The van der Waals surface area contributed by atoms with Crippen molar-refractivity contribution in [2.24, 2.45) is 0 Å². The molecule has 0 saturated carbocycles. The smallest absolute Gasteiger partial charge is 0.188 e. The molecule has 0 bridgehead atoms. The van der Waals surface area contributed by atoms with Crippen molar-refractivity contribution >= 4 is 0 Å². The second kappa shape index (κ2) is 5.18. The van der Waals surface area contributed by atoms with E-state index in [0.717, 1.165) is 11.3 Å². The maximum atomic E-state index is 8.47. The third kappa shape index (κ3) is 3.14. The summed E-state index contributed by atoms with van der Waals surface area (Å²) in [6, 6.07) is 9.50. The molecule has 0 heterocycles. The molecule has 0 atom stereocenters. The number of nitrogens with zero attached hydrogens (tertiary/aromatic N) is 1. The monoisotopic (exact) mass is 177 g/mol. The van der Waals surface area contributed by atoms with Crippen molar-refractivity contribution in [3.63, 3.8) is 0 Å². The zero-order valence-corrected chi connectivity index (χ0v) is 7.49. The number of hydrogen-bond acceptors (Lipinski definition) is 3. The average Bonchev–Trinajstić information content (AvgIpc) is 2.16. The second-order valence-corrected chi connectivity index (χ2v) is 2.53. The molecule has 1 rings (SSSR count). The molecule has 0 aliphatic carbocycles. The zero-order valence-electron chi connectivity index (χ0n) is 7.49. The number of benzene rings is 1. The van der Waals surface area contributed by atoms with Gasteiger partial charge in [-0.15, -0.1) is 0 Å². The van der Waals surface area contributed by atoms with Crippen LogP contribution in [0.15, 0.2) is 24.3 Å². The van der Waals surface area contributed by atoms with Gasteiger partial charge in [0.05, 0.1) is 12.5 Å². The summed E-state index contributed by atoms with van der Waals surface area (Å²) in [6.07, 6.45) is 0.407. The van der Waals surface area contributed by atoms with E-state index in [1.807, 2.05) is 24.3 Å². The number of methoxy groups -OCH3 is 1. The summed E-state index contributed by atoms with van der Waals surface area (Å²) in [5, 5.41) is 8.47. The Bertz CT molecular complexity index is 304. The van der Waals surface area contributed by atoms with Gasteiger partial charge in [0.25, 0.3) is 0 Å². The van der Waals surface area contributed by atoms with Crippen molar-refractivity contribution in [2.75, 3.05) is 13.9 Å². The van der Waals surface area contributed by atoms with Gasteiger partial charge in [-0.05, 0) is 17.7 Å². The van der Waals surface area contributed by atoms with Gasteiger partial charge in [-0.1, -0.05) is 12.1 Å². The molecule has 13 heavy (non-hydrogen) atoms. The topological polar surface area (TPSA) is 42.2 Å². The first-order valence-electron chi connectivity index (χ1n) is 3.94. The highest BCUT2D eigenvalue weighted by Gasteiger charge is 1.95. The van der Waals surface area contributed by atoms with Gasteiger partial charge < -0.3 is 9.47 Å². The molecule has 0 radical (unpaired) electrons. The number of ether oxygens (including phenoxy) is 2. The molecule has 1 aromatic rings. The largest absolute Gasteiger partial charge is 0.468 e. The van der Waals surface area contributed by atoms with Crippen LogP contribution in [0.1, 0.15) is 5.56 Å². The van der Waals surface area contributed by atoms with Crippen molar-refractivity contribution in [3.8, 4) is 11.8 Å². The lowest BCUT2D eigenvalue weighted by atomic mass is 10.2. The van der Waals surface area contributed by atoms with E-state index in [0.29, 0.717) is 6.42 Å². The molecule has 0 N–H and O–H groups in total. The van der Waals surface area contributed by atoms with E-state index >= 15 is 0 Å². The van der Waals surface area contributed by atoms with E-state index in [9.17, 15) is 0 Å². The van der Waals surface area contributed by atoms with Crippen LogP contribution in [-0.2, 0) is 11.2 Å². The number of nitriles is 1. The summed E-state index contributed by atoms with van der Waals surface area (Å²) in [7, 11) is 1.57. The van der Waals surface area contributed by atoms with Crippen LogP contribution in [0.25, 0.3) is 0 Å². The Labute approximate surface area is 77.5 Å². The quantitative estimate of drug-likeness (QED) is 0.658. The van der Waals surface area contributed by atoms with Gasteiger partial charge in [0.15, 0.2) is 6.79 Å². The van der Waals surface area contributed by atoms with E-state index in [2.05, 4.69) is 6.07 Å². The second-order valence-electron chi connectivity index (χ2n) is 2.53. The summed E-state index contributed by atoms with van der Waals surface area (Å²) in [4.78, 5) is 0. The fraction of sp³-hybridized carbons (Fsp3) is 0.300. The van der Waals surface area contributed by atoms with Crippen LogP contribution in [0.4, 0.5) is 0 Å². The van der Waals surface area contributed by atoms with Crippen LogP contribution in [-0.4, -0.2) is 13.9 Å². The highest BCUT2D eigenvalue weighted by Crippen LogP contribution is 2.13. The third-order valence-corrected chi connectivity index (χ3v) is 1.53. The SMILES string of the molecule is COCOc1cccc(CC#N)c1. The van der Waals surface area contributed by atoms with Crippen LogP contribution < -0.4 is 4.74 Å². The summed E-state index contributed by atoms with van der Waals surface area (Å²) in [6.45, 7) is 0.232. The van der Waals surface area contributed by atoms with Crippen molar-refractivity contribution in [2.45, 2.75) is 6.42 Å². The van der Waals surface area contributed by atoms with E-state index in [1.54, 1.807) is 7.11 Å². The van der Waals surface area contributed by atoms with Gasteiger partial charge in [-0.3, -0.25) is 0 Å². The Balaban J connectivity index is 2.63. The first-order chi connectivity index (χ1) is 6.36. The minimum Gasteiger partial charge on any atom is -0.468 e. The Hall–Kier alpha value is -1.53. The number of hydrogen-bond donors (Lipinski definition) is 0. The van der Waals surface area contributed by atoms with Crippen molar-refractivity contribution in [1.82, 2.24) is 0 Å². The predicted molar refractivity (Wildman–Crippen MR) is 48.3 cm³/mol. The zero-order chi connectivity index (χ0) is 9.52. The van der Waals surface area contributed by atoms with E-state index in [1.165, 1.54) is 0 Å². The standard InChI is InChI=1S/C10H11NO2/c1-12-8-13-10-4-2-3-9(7-10)5-6-11/h2-4,7H,5,8H2,1H3. The minimum atomic E-state index is 0.232. The molecule has 0 aromatic heterocycles. The summed E-state index contributed by atoms with van der Waals surface area (Å²) in [5.41, 5.74) is 0.955. The lowest BCUT2D eigenvalue weighted by Gasteiger charge is -2.04. The summed E-state index contributed by atoms with van der Waals surface area (Å²) < 4.78 is 9.97. The summed E-state index contributed by atoms with van der Waals surface area (Å²) >= 11 is 0. The van der Waals surface area contributed by atoms with Crippen LogP contribution in [0.2, 0.25) is 0 Å². The Kier molecular flexibility index (Phi) is 3.80. The van der Waals surface area contributed by atoms with Gasteiger partial charge in [-0.25, -0.2) is 0 Å². The van der Waals surface area contributed by atoms with Gasteiger partial charge >= 0.3 is 0 Å². The molecule has 0 amide bonds. The lowest BCUT2D eigenvalue weighted by Crippen LogP contribution is -1.98. The molecular weight excluding hydrogens is 166 g/mol. The molecule has 1 aromatic carbocycles. The normalized spacial score (nSPS) is 9.23. The van der Waals surface area contributed by atoms with Gasteiger partial charge in [-0.2, -0.15) is 5.26 Å². The molecule has 3 nitrogen and oxygen atoms in total. The van der Waals surface area contributed by atoms with Crippen molar-refractivity contribution < 1.29 is 9.47 Å².